The first-order chi connectivity index (χ1) is 7.12. The predicted octanol–water partition coefficient (Wildman–Crippen LogP) is -0.0638. The van der Waals surface area contributed by atoms with Crippen molar-refractivity contribution in [1.82, 2.24) is 5.06 Å². The summed E-state index contributed by atoms with van der Waals surface area (Å²) >= 11 is 0. The summed E-state index contributed by atoms with van der Waals surface area (Å²) in [7, 11) is 1.37. The average molecular weight is 215 g/mol. The number of rotatable bonds is 2. The van der Waals surface area contributed by atoms with E-state index in [9.17, 15) is 9.90 Å². The third-order valence-corrected chi connectivity index (χ3v) is 3.39. The fourth-order valence-corrected chi connectivity index (χ4v) is 2.60. The van der Waals surface area contributed by atoms with E-state index in [1.54, 1.807) is 6.92 Å². The molecule has 0 aromatic rings. The second kappa shape index (κ2) is 3.73. The third-order valence-electron chi connectivity index (χ3n) is 3.39. The van der Waals surface area contributed by atoms with Crippen LogP contribution in [0.3, 0.4) is 0 Å². The Balaban J connectivity index is 2.24. The van der Waals surface area contributed by atoms with Gasteiger partial charge in [-0.15, -0.1) is 0 Å². The van der Waals surface area contributed by atoms with Crippen LogP contribution in [0, 0.1) is 5.92 Å². The van der Waals surface area contributed by atoms with Crippen molar-refractivity contribution in [2.24, 2.45) is 5.92 Å². The number of esters is 1. The second-order valence-electron chi connectivity index (χ2n) is 4.41. The van der Waals surface area contributed by atoms with E-state index >= 15 is 0 Å². The maximum absolute atomic E-state index is 11.7. The van der Waals surface area contributed by atoms with Gasteiger partial charge in [0, 0.05) is 6.54 Å². The molecule has 0 radical (unpaired) electrons. The van der Waals surface area contributed by atoms with Crippen molar-refractivity contribution in [2.75, 3.05) is 20.3 Å². The fraction of sp³-hybridized carbons (Fsp3) is 0.900. The third kappa shape index (κ3) is 1.55. The van der Waals surface area contributed by atoms with Gasteiger partial charge in [-0.1, -0.05) is 0 Å². The molecule has 2 aliphatic rings. The zero-order chi connectivity index (χ0) is 11.1. The van der Waals surface area contributed by atoms with Crippen LogP contribution in [-0.2, 0) is 14.4 Å². The highest BCUT2D eigenvalue weighted by molar-refractivity contribution is 5.75. The van der Waals surface area contributed by atoms with Crippen LogP contribution >= 0.6 is 0 Å². The van der Waals surface area contributed by atoms with Gasteiger partial charge in [0.25, 0.3) is 0 Å². The summed E-state index contributed by atoms with van der Waals surface area (Å²) in [6, 6.07) is 0.0644. The van der Waals surface area contributed by atoms with Gasteiger partial charge >= 0.3 is 5.97 Å². The number of aliphatic hydroxyl groups is 1. The molecule has 5 heteroatoms. The van der Waals surface area contributed by atoms with Gasteiger partial charge in [0.2, 0.25) is 0 Å². The quantitative estimate of drug-likeness (QED) is 0.654. The predicted molar refractivity (Wildman–Crippen MR) is 51.8 cm³/mol. The lowest BCUT2D eigenvalue weighted by Gasteiger charge is -2.26. The van der Waals surface area contributed by atoms with Crippen LogP contribution in [0.25, 0.3) is 0 Å². The summed E-state index contributed by atoms with van der Waals surface area (Å²) < 4.78 is 4.78. The molecule has 0 aromatic heterocycles. The van der Waals surface area contributed by atoms with Gasteiger partial charge in [0.05, 0.1) is 19.8 Å². The Morgan fingerprint density at radius 3 is 3.07 bits per heavy atom. The number of carbonyl (C=O) groups is 1. The van der Waals surface area contributed by atoms with Crippen molar-refractivity contribution >= 4 is 5.97 Å². The first-order valence-corrected chi connectivity index (χ1v) is 5.27. The van der Waals surface area contributed by atoms with E-state index in [4.69, 9.17) is 9.57 Å². The summed E-state index contributed by atoms with van der Waals surface area (Å²) in [5.74, 6) is -0.670. The molecule has 1 N–H and O–H groups in total. The summed E-state index contributed by atoms with van der Waals surface area (Å²) in [6.45, 7) is 2.42. The highest BCUT2D eigenvalue weighted by Gasteiger charge is 2.56. The van der Waals surface area contributed by atoms with E-state index in [0.29, 0.717) is 0 Å². The van der Waals surface area contributed by atoms with Gasteiger partial charge in [-0.3, -0.25) is 9.63 Å². The van der Waals surface area contributed by atoms with Gasteiger partial charge < -0.3 is 9.84 Å². The number of hydrogen-bond acceptors (Lipinski definition) is 5. The number of hydroxylamine groups is 2. The van der Waals surface area contributed by atoms with Gasteiger partial charge in [-0.25, -0.2) is 0 Å². The molecule has 15 heavy (non-hydrogen) atoms. The monoisotopic (exact) mass is 215 g/mol. The number of ether oxygens (including phenoxy) is 1. The van der Waals surface area contributed by atoms with Crippen molar-refractivity contribution in [1.29, 1.82) is 0 Å². The van der Waals surface area contributed by atoms with Crippen LogP contribution in [-0.4, -0.2) is 48.0 Å². The van der Waals surface area contributed by atoms with E-state index in [0.717, 1.165) is 19.4 Å². The van der Waals surface area contributed by atoms with E-state index < -0.39 is 5.60 Å². The summed E-state index contributed by atoms with van der Waals surface area (Å²) in [5.41, 5.74) is -0.821. The topological polar surface area (TPSA) is 59.0 Å². The normalized spacial score (nSPS) is 40.5. The van der Waals surface area contributed by atoms with Crippen LogP contribution in [0.2, 0.25) is 0 Å². The van der Waals surface area contributed by atoms with Crippen molar-refractivity contribution in [3.8, 4) is 0 Å². The standard InChI is InChI=1S/C10H17NO4/c1-10(6-12)8(9(13)14-2)7-4-3-5-11(7)15-10/h7-8,12H,3-6H2,1-2H3/t7-,8-,10-/m1/s1. The second-order valence-corrected chi connectivity index (χ2v) is 4.41. The van der Waals surface area contributed by atoms with Crippen molar-refractivity contribution in [2.45, 2.75) is 31.4 Å². The molecular formula is C10H17NO4. The summed E-state index contributed by atoms with van der Waals surface area (Å²) in [6.07, 6.45) is 1.95. The molecule has 5 nitrogen and oxygen atoms in total. The Morgan fingerprint density at radius 1 is 1.73 bits per heavy atom. The Kier molecular flexibility index (Phi) is 2.70. The van der Waals surface area contributed by atoms with E-state index in [-0.39, 0.29) is 24.5 Å². The SMILES string of the molecule is COC(=O)[C@H]1[C@H]2CCCN2O[C@]1(C)CO. The first-order valence-electron chi connectivity index (χ1n) is 5.27. The maximum atomic E-state index is 11.7. The van der Waals surface area contributed by atoms with Crippen molar-refractivity contribution in [3.63, 3.8) is 0 Å². The van der Waals surface area contributed by atoms with E-state index in [1.807, 2.05) is 5.06 Å². The van der Waals surface area contributed by atoms with Crippen LogP contribution in [0.15, 0.2) is 0 Å². The minimum atomic E-state index is -0.821. The molecule has 0 aliphatic carbocycles. The summed E-state index contributed by atoms with van der Waals surface area (Å²) in [5, 5.41) is 11.2. The molecule has 0 amide bonds. The number of methoxy groups -OCH3 is 1. The van der Waals surface area contributed by atoms with Gasteiger partial charge in [0.1, 0.15) is 11.5 Å². The van der Waals surface area contributed by atoms with E-state index in [2.05, 4.69) is 0 Å². The largest absolute Gasteiger partial charge is 0.469 e. The maximum Gasteiger partial charge on any atom is 0.313 e. The van der Waals surface area contributed by atoms with E-state index in [1.165, 1.54) is 7.11 Å². The van der Waals surface area contributed by atoms with Crippen molar-refractivity contribution < 1.29 is 19.5 Å². The molecule has 2 saturated heterocycles. The minimum absolute atomic E-state index is 0.0644. The molecular weight excluding hydrogens is 198 g/mol. The summed E-state index contributed by atoms with van der Waals surface area (Å²) in [4.78, 5) is 17.3. The number of aliphatic hydroxyl groups excluding tert-OH is 1. The number of carbonyl (C=O) groups excluding carboxylic acids is 1. The molecule has 0 unspecified atom stereocenters. The molecule has 2 heterocycles. The van der Waals surface area contributed by atoms with Crippen LogP contribution in [0.1, 0.15) is 19.8 Å². The Morgan fingerprint density at radius 2 is 2.47 bits per heavy atom. The molecule has 0 bridgehead atoms. The molecule has 0 aromatic carbocycles. The number of fused-ring (bicyclic) bond motifs is 1. The van der Waals surface area contributed by atoms with Crippen LogP contribution < -0.4 is 0 Å². The zero-order valence-corrected chi connectivity index (χ0v) is 9.10. The first kappa shape index (κ1) is 10.9. The highest BCUT2D eigenvalue weighted by atomic mass is 16.7. The van der Waals surface area contributed by atoms with Gasteiger partial charge in [0.15, 0.2) is 0 Å². The molecule has 0 saturated carbocycles. The zero-order valence-electron chi connectivity index (χ0n) is 9.10. The molecule has 2 fully saturated rings. The fourth-order valence-electron chi connectivity index (χ4n) is 2.60. The molecule has 0 spiro atoms. The van der Waals surface area contributed by atoms with Gasteiger partial charge in [-0.05, 0) is 19.8 Å². The molecule has 2 rings (SSSR count). The molecule has 86 valence electrons. The Hall–Kier alpha value is -0.650. The lowest BCUT2D eigenvalue weighted by Crippen LogP contribution is -2.44. The Bertz CT molecular complexity index is 270. The average Bonchev–Trinajstić information content (AvgIpc) is 2.75. The molecule has 2 aliphatic heterocycles. The molecule has 3 atom stereocenters. The number of nitrogens with zero attached hydrogens (tertiary/aromatic N) is 1. The lowest BCUT2D eigenvalue weighted by atomic mass is 9.84. The highest BCUT2D eigenvalue weighted by Crippen LogP contribution is 2.42. The minimum Gasteiger partial charge on any atom is -0.469 e. The van der Waals surface area contributed by atoms with Gasteiger partial charge in [-0.2, -0.15) is 5.06 Å². The van der Waals surface area contributed by atoms with Crippen molar-refractivity contribution in [3.05, 3.63) is 0 Å². The van der Waals surface area contributed by atoms with Crippen LogP contribution in [0.5, 0.6) is 0 Å². The smallest absolute Gasteiger partial charge is 0.313 e. The lowest BCUT2D eigenvalue weighted by molar-refractivity contribution is -0.205. The van der Waals surface area contributed by atoms with Crippen LogP contribution in [0.4, 0.5) is 0 Å². The Labute approximate surface area is 88.9 Å². The number of hydrogen-bond donors (Lipinski definition) is 1.